The number of hydrogen-bond donors (Lipinski definition) is 2. The molecule has 2 N–H and O–H groups in total. The molecule has 2 aromatic carbocycles. The molecule has 1 saturated heterocycles. The van der Waals surface area contributed by atoms with E-state index >= 15 is 0 Å². The van der Waals surface area contributed by atoms with Crippen LogP contribution in [0.2, 0.25) is 0 Å². The van der Waals surface area contributed by atoms with Gasteiger partial charge in [0.2, 0.25) is 0 Å². The SMILES string of the molecule is C#Cc1c(F)ccc2cc(O)cc(-c3cc4c(cn3)c(C3[C@H]5CNC[C@@H]35)cn4C)c12. The van der Waals surface area contributed by atoms with Crippen molar-refractivity contribution < 1.29 is 9.50 Å². The van der Waals surface area contributed by atoms with Crippen LogP contribution in [0.4, 0.5) is 4.39 Å². The van der Waals surface area contributed by atoms with E-state index in [0.717, 1.165) is 35.8 Å². The van der Waals surface area contributed by atoms with E-state index in [2.05, 4.69) is 22.0 Å². The highest BCUT2D eigenvalue weighted by molar-refractivity contribution is 6.02. The van der Waals surface area contributed by atoms with Crippen molar-refractivity contribution in [3.8, 4) is 29.4 Å². The molecule has 0 amide bonds. The maximum absolute atomic E-state index is 14.4. The first kappa shape index (κ1) is 17.5. The largest absolute Gasteiger partial charge is 0.508 e. The first-order chi connectivity index (χ1) is 14.6. The summed E-state index contributed by atoms with van der Waals surface area (Å²) in [7, 11) is 2.04. The van der Waals surface area contributed by atoms with Crippen LogP contribution in [-0.2, 0) is 7.05 Å². The van der Waals surface area contributed by atoms with Crippen molar-refractivity contribution in [2.45, 2.75) is 5.92 Å². The molecule has 2 aromatic heterocycles. The lowest BCUT2D eigenvalue weighted by Crippen LogP contribution is -2.13. The minimum absolute atomic E-state index is 0.0971. The first-order valence-electron chi connectivity index (χ1n) is 10.1. The van der Waals surface area contributed by atoms with Crippen LogP contribution in [0.15, 0.2) is 42.7 Å². The number of piperidine rings is 1. The molecule has 6 rings (SSSR count). The maximum atomic E-state index is 14.4. The summed E-state index contributed by atoms with van der Waals surface area (Å²) < 4.78 is 16.5. The number of aromatic hydroxyl groups is 1. The number of nitrogens with zero attached hydrogens (tertiary/aromatic N) is 2. The van der Waals surface area contributed by atoms with Gasteiger partial charge in [0.1, 0.15) is 11.6 Å². The monoisotopic (exact) mass is 397 g/mol. The highest BCUT2D eigenvalue weighted by atomic mass is 19.1. The van der Waals surface area contributed by atoms with Gasteiger partial charge in [-0.3, -0.25) is 4.98 Å². The van der Waals surface area contributed by atoms with Gasteiger partial charge in [-0.15, -0.1) is 6.42 Å². The number of pyridine rings is 1. The predicted octanol–water partition coefficient (Wildman–Crippen LogP) is 4.15. The highest BCUT2D eigenvalue weighted by Gasteiger charge is 2.54. The van der Waals surface area contributed by atoms with Crippen LogP contribution in [0.25, 0.3) is 32.9 Å². The number of aryl methyl sites for hydroxylation is 1. The maximum Gasteiger partial charge on any atom is 0.139 e. The molecule has 3 heterocycles. The van der Waals surface area contributed by atoms with Crippen LogP contribution in [-0.4, -0.2) is 27.7 Å². The van der Waals surface area contributed by atoms with Gasteiger partial charge in [-0.25, -0.2) is 4.39 Å². The van der Waals surface area contributed by atoms with Crippen molar-refractivity contribution in [1.29, 1.82) is 0 Å². The fourth-order valence-corrected chi connectivity index (χ4v) is 5.37. The zero-order valence-electron chi connectivity index (χ0n) is 16.5. The van der Waals surface area contributed by atoms with Gasteiger partial charge in [0, 0.05) is 35.8 Å². The van der Waals surface area contributed by atoms with Crippen LogP contribution >= 0.6 is 0 Å². The van der Waals surface area contributed by atoms with E-state index < -0.39 is 5.82 Å². The Kier molecular flexibility index (Phi) is 3.54. The standard InChI is InChI=1S/C25H20FN3O/c1-3-15-21(26)5-4-13-6-14(30)7-16(24(13)15)22-8-23-17(11-28-22)20(12-29(23)2)25-18-9-27-10-19(18)25/h1,4-8,11-12,18-19,25,27,30H,9-10H2,2H3/t18-,19+,25?. The van der Waals surface area contributed by atoms with Gasteiger partial charge < -0.3 is 15.0 Å². The molecule has 148 valence electrons. The second-order valence-corrected chi connectivity index (χ2v) is 8.45. The Balaban J connectivity index is 1.56. The number of phenols is 1. The third kappa shape index (κ3) is 2.34. The molecule has 1 saturated carbocycles. The zero-order chi connectivity index (χ0) is 20.6. The predicted molar refractivity (Wildman–Crippen MR) is 116 cm³/mol. The quantitative estimate of drug-likeness (QED) is 0.500. The Morgan fingerprint density at radius 1 is 1.23 bits per heavy atom. The lowest BCUT2D eigenvalue weighted by Gasteiger charge is -2.11. The normalized spacial score (nSPS) is 22.4. The smallest absolute Gasteiger partial charge is 0.139 e. The summed E-state index contributed by atoms with van der Waals surface area (Å²) in [5.41, 5.74) is 3.92. The van der Waals surface area contributed by atoms with Crippen LogP contribution in [0.3, 0.4) is 0 Å². The molecular formula is C25H20FN3O. The number of halogens is 1. The average Bonchev–Trinajstić information content (AvgIpc) is 3.06. The molecule has 1 aliphatic carbocycles. The average molecular weight is 397 g/mol. The fraction of sp³-hybridized carbons (Fsp3) is 0.240. The molecule has 0 spiro atoms. The van der Waals surface area contributed by atoms with Gasteiger partial charge in [-0.1, -0.05) is 12.0 Å². The van der Waals surface area contributed by atoms with Crippen molar-refractivity contribution in [3.63, 3.8) is 0 Å². The zero-order valence-corrected chi connectivity index (χ0v) is 16.5. The van der Waals surface area contributed by atoms with Gasteiger partial charge in [-0.2, -0.15) is 0 Å². The minimum atomic E-state index is -0.451. The summed E-state index contributed by atoms with van der Waals surface area (Å²) >= 11 is 0. The third-order valence-corrected chi connectivity index (χ3v) is 6.83. The second-order valence-electron chi connectivity index (χ2n) is 8.45. The molecule has 1 aliphatic heterocycles. The van der Waals surface area contributed by atoms with Crippen LogP contribution in [0, 0.1) is 30.0 Å². The molecule has 3 atom stereocenters. The molecule has 0 bridgehead atoms. The summed E-state index contributed by atoms with van der Waals surface area (Å²) in [5.74, 6) is 4.18. The van der Waals surface area contributed by atoms with Crippen LogP contribution in [0.5, 0.6) is 5.75 Å². The fourth-order valence-electron chi connectivity index (χ4n) is 5.37. The Hall–Kier alpha value is -3.36. The van der Waals surface area contributed by atoms with E-state index in [1.165, 1.54) is 11.6 Å². The van der Waals surface area contributed by atoms with Crippen molar-refractivity contribution in [3.05, 3.63) is 59.7 Å². The van der Waals surface area contributed by atoms with Gasteiger partial charge in [0.25, 0.3) is 0 Å². The number of benzene rings is 2. The third-order valence-electron chi connectivity index (χ3n) is 6.83. The molecule has 4 aromatic rings. The number of hydrogen-bond acceptors (Lipinski definition) is 3. The van der Waals surface area contributed by atoms with Gasteiger partial charge in [0.05, 0.1) is 16.8 Å². The molecule has 30 heavy (non-hydrogen) atoms. The van der Waals surface area contributed by atoms with E-state index in [9.17, 15) is 9.50 Å². The Morgan fingerprint density at radius 3 is 2.80 bits per heavy atom. The first-order valence-corrected chi connectivity index (χ1v) is 10.1. The molecular weight excluding hydrogens is 377 g/mol. The number of nitrogens with one attached hydrogen (secondary N) is 1. The number of phenolic OH excluding ortho intramolecular Hbond substituents is 1. The van der Waals surface area contributed by atoms with Crippen LogP contribution in [0.1, 0.15) is 17.0 Å². The second kappa shape index (κ2) is 6.07. The van der Waals surface area contributed by atoms with Gasteiger partial charge in [0.15, 0.2) is 0 Å². The number of terminal acetylenes is 1. The molecule has 0 radical (unpaired) electrons. The van der Waals surface area contributed by atoms with E-state index in [1.807, 2.05) is 19.3 Å². The Bertz CT molecular complexity index is 1390. The number of rotatable bonds is 2. The molecule has 5 heteroatoms. The van der Waals surface area contributed by atoms with Gasteiger partial charge >= 0.3 is 0 Å². The molecule has 2 aliphatic rings. The van der Waals surface area contributed by atoms with Crippen LogP contribution < -0.4 is 5.32 Å². The summed E-state index contributed by atoms with van der Waals surface area (Å²) in [4.78, 5) is 4.72. The lowest BCUT2D eigenvalue weighted by molar-refractivity contribution is 0.476. The summed E-state index contributed by atoms with van der Waals surface area (Å²) in [5, 5.41) is 16.2. The van der Waals surface area contributed by atoms with Crippen molar-refractivity contribution >= 4 is 21.7 Å². The van der Waals surface area contributed by atoms with E-state index in [4.69, 9.17) is 11.4 Å². The lowest BCUT2D eigenvalue weighted by atomic mass is 9.96. The summed E-state index contributed by atoms with van der Waals surface area (Å²) in [6.45, 7) is 2.18. The number of fused-ring (bicyclic) bond motifs is 3. The van der Waals surface area contributed by atoms with E-state index in [-0.39, 0.29) is 11.3 Å². The number of aromatic nitrogens is 2. The summed E-state index contributed by atoms with van der Waals surface area (Å²) in [6.07, 6.45) is 9.75. The van der Waals surface area contributed by atoms with Gasteiger partial charge in [-0.05, 0) is 66.1 Å². The highest BCUT2D eigenvalue weighted by Crippen LogP contribution is 2.57. The topological polar surface area (TPSA) is 50.1 Å². The van der Waals surface area contributed by atoms with E-state index in [1.54, 1.807) is 18.2 Å². The van der Waals surface area contributed by atoms with Crippen molar-refractivity contribution in [2.75, 3.05) is 13.1 Å². The van der Waals surface area contributed by atoms with Crippen molar-refractivity contribution in [1.82, 2.24) is 14.9 Å². The summed E-state index contributed by atoms with van der Waals surface area (Å²) in [6, 6.07) is 8.18. The molecule has 1 unspecified atom stereocenters. The molecule has 4 nitrogen and oxygen atoms in total. The molecule has 2 fully saturated rings. The van der Waals surface area contributed by atoms with E-state index in [0.29, 0.717) is 27.9 Å². The Morgan fingerprint density at radius 2 is 2.03 bits per heavy atom. The minimum Gasteiger partial charge on any atom is -0.508 e. The van der Waals surface area contributed by atoms with Crippen molar-refractivity contribution in [2.24, 2.45) is 18.9 Å². The Labute approximate surface area is 173 Å².